The minimum absolute atomic E-state index is 0.00474. The predicted octanol–water partition coefficient (Wildman–Crippen LogP) is 3.72. The van der Waals surface area contributed by atoms with Crippen molar-refractivity contribution in [3.05, 3.63) is 70.7 Å². The lowest BCUT2D eigenvalue weighted by Crippen LogP contribution is -2.29. The summed E-state index contributed by atoms with van der Waals surface area (Å²) < 4.78 is 5.08. The zero-order chi connectivity index (χ0) is 18.1. The molecule has 0 fully saturated rings. The Bertz CT molecular complexity index is 1060. The molecule has 4 rings (SSSR count). The molecule has 0 aliphatic heterocycles. The molecule has 4 aromatic rings. The number of nitrogens with one attached hydrogen (secondary N) is 1. The highest BCUT2D eigenvalue weighted by molar-refractivity contribution is 9.10. The van der Waals surface area contributed by atoms with E-state index >= 15 is 0 Å². The first-order chi connectivity index (χ1) is 12.6. The van der Waals surface area contributed by atoms with Gasteiger partial charge in [-0.15, -0.1) is 0 Å². The Labute approximate surface area is 159 Å². The molecule has 0 radical (unpaired) electrons. The van der Waals surface area contributed by atoms with Gasteiger partial charge in [0.1, 0.15) is 12.2 Å². The fraction of sp³-hybridized carbons (Fsp3) is 0.200. The van der Waals surface area contributed by atoms with E-state index in [1.807, 2.05) is 64.7 Å². The maximum atomic E-state index is 12.4. The predicted molar refractivity (Wildman–Crippen MR) is 106 cm³/mol. The number of amides is 1. The van der Waals surface area contributed by atoms with E-state index in [4.69, 9.17) is 0 Å². The van der Waals surface area contributed by atoms with Crippen molar-refractivity contribution in [1.82, 2.24) is 19.3 Å². The molecule has 6 heteroatoms. The number of nitrogens with zero attached hydrogens (tertiary/aromatic N) is 3. The van der Waals surface area contributed by atoms with Gasteiger partial charge in [0.05, 0.1) is 5.69 Å². The summed E-state index contributed by atoms with van der Waals surface area (Å²) in [6.45, 7) is 2.90. The van der Waals surface area contributed by atoms with E-state index in [0.29, 0.717) is 19.5 Å². The van der Waals surface area contributed by atoms with E-state index < -0.39 is 0 Å². The highest BCUT2D eigenvalue weighted by atomic mass is 79.9. The molecular weight excluding hydrogens is 392 g/mol. The molecule has 1 amide bonds. The first-order valence-corrected chi connectivity index (χ1v) is 9.35. The molecule has 132 valence electrons. The molecule has 3 heterocycles. The lowest BCUT2D eigenvalue weighted by molar-refractivity contribution is -0.121. The molecule has 0 atom stereocenters. The lowest BCUT2D eigenvalue weighted by atomic mass is 10.2. The molecule has 1 aromatic carbocycles. The van der Waals surface area contributed by atoms with Gasteiger partial charge in [0, 0.05) is 46.4 Å². The fourth-order valence-corrected chi connectivity index (χ4v) is 3.78. The van der Waals surface area contributed by atoms with Crippen molar-refractivity contribution in [3.63, 3.8) is 0 Å². The minimum atomic E-state index is 0.00474. The fourth-order valence-electron chi connectivity index (χ4n) is 3.23. The number of benzene rings is 1. The van der Waals surface area contributed by atoms with E-state index in [-0.39, 0.29) is 5.91 Å². The van der Waals surface area contributed by atoms with Crippen LogP contribution >= 0.6 is 15.9 Å². The first kappa shape index (κ1) is 16.8. The average Bonchev–Trinajstić information content (AvgIpc) is 3.16. The van der Waals surface area contributed by atoms with Crippen LogP contribution in [0.25, 0.3) is 16.6 Å². The number of carbonyl (C=O) groups is 1. The van der Waals surface area contributed by atoms with Crippen LogP contribution < -0.4 is 5.32 Å². The number of hydrogen-bond donors (Lipinski definition) is 1. The van der Waals surface area contributed by atoms with Crippen molar-refractivity contribution >= 4 is 38.4 Å². The minimum Gasteiger partial charge on any atom is -0.354 e. The van der Waals surface area contributed by atoms with Gasteiger partial charge in [-0.2, -0.15) is 0 Å². The van der Waals surface area contributed by atoms with Crippen LogP contribution in [0.2, 0.25) is 0 Å². The van der Waals surface area contributed by atoms with E-state index in [1.165, 1.54) is 0 Å². The van der Waals surface area contributed by atoms with Crippen molar-refractivity contribution in [2.75, 3.05) is 6.54 Å². The molecule has 1 N–H and O–H groups in total. The van der Waals surface area contributed by atoms with E-state index in [0.717, 1.165) is 32.4 Å². The Kier molecular flexibility index (Phi) is 4.51. The van der Waals surface area contributed by atoms with E-state index in [1.54, 1.807) is 0 Å². The van der Waals surface area contributed by atoms with Crippen LogP contribution in [0.4, 0.5) is 0 Å². The molecule has 26 heavy (non-hydrogen) atoms. The SMILES string of the molecule is Cc1c(Br)c2ccccc2n1CC(=O)NCCc1cn2ccccc2n1. The lowest BCUT2D eigenvalue weighted by Gasteiger charge is -2.09. The summed E-state index contributed by atoms with van der Waals surface area (Å²) in [7, 11) is 0. The quantitative estimate of drug-likeness (QED) is 0.544. The number of aromatic nitrogens is 3. The summed E-state index contributed by atoms with van der Waals surface area (Å²) in [6.07, 6.45) is 4.69. The third-order valence-corrected chi connectivity index (χ3v) is 5.57. The second-order valence-electron chi connectivity index (χ2n) is 6.30. The normalized spacial score (nSPS) is 11.3. The van der Waals surface area contributed by atoms with Gasteiger partial charge in [-0.1, -0.05) is 24.3 Å². The Morgan fingerprint density at radius 2 is 2.00 bits per heavy atom. The number of hydrogen-bond acceptors (Lipinski definition) is 2. The number of pyridine rings is 1. The number of fused-ring (bicyclic) bond motifs is 2. The Morgan fingerprint density at radius 1 is 1.19 bits per heavy atom. The Morgan fingerprint density at radius 3 is 2.85 bits per heavy atom. The zero-order valence-corrected chi connectivity index (χ0v) is 16.0. The highest BCUT2D eigenvalue weighted by Gasteiger charge is 2.14. The van der Waals surface area contributed by atoms with Gasteiger partial charge in [-0.25, -0.2) is 4.98 Å². The first-order valence-electron chi connectivity index (χ1n) is 8.56. The van der Waals surface area contributed by atoms with Gasteiger partial charge < -0.3 is 14.3 Å². The smallest absolute Gasteiger partial charge is 0.239 e. The van der Waals surface area contributed by atoms with Gasteiger partial charge in [0.15, 0.2) is 0 Å². The van der Waals surface area contributed by atoms with Crippen LogP contribution in [-0.4, -0.2) is 26.4 Å². The summed E-state index contributed by atoms with van der Waals surface area (Å²) in [4.78, 5) is 17.0. The van der Waals surface area contributed by atoms with Gasteiger partial charge >= 0.3 is 0 Å². The molecule has 0 bridgehead atoms. The van der Waals surface area contributed by atoms with Crippen LogP contribution in [0.5, 0.6) is 0 Å². The topological polar surface area (TPSA) is 51.3 Å². The zero-order valence-electron chi connectivity index (χ0n) is 14.4. The van der Waals surface area contributed by atoms with Crippen molar-refractivity contribution in [3.8, 4) is 0 Å². The molecule has 0 aliphatic carbocycles. The van der Waals surface area contributed by atoms with Gasteiger partial charge in [-0.3, -0.25) is 4.79 Å². The summed E-state index contributed by atoms with van der Waals surface area (Å²) >= 11 is 3.63. The van der Waals surface area contributed by atoms with Crippen LogP contribution in [0.15, 0.2) is 59.3 Å². The van der Waals surface area contributed by atoms with E-state index in [2.05, 4.69) is 32.3 Å². The van der Waals surface area contributed by atoms with Crippen molar-refractivity contribution in [2.45, 2.75) is 19.9 Å². The summed E-state index contributed by atoms with van der Waals surface area (Å²) in [5, 5.41) is 4.13. The number of halogens is 1. The van der Waals surface area contributed by atoms with E-state index in [9.17, 15) is 4.79 Å². The molecule has 0 spiro atoms. The highest BCUT2D eigenvalue weighted by Crippen LogP contribution is 2.30. The van der Waals surface area contributed by atoms with Gasteiger partial charge in [-0.05, 0) is 41.1 Å². The second kappa shape index (κ2) is 6.96. The molecule has 3 aromatic heterocycles. The summed E-state index contributed by atoms with van der Waals surface area (Å²) in [6, 6.07) is 14.0. The second-order valence-corrected chi connectivity index (χ2v) is 7.09. The molecule has 0 aliphatic rings. The largest absolute Gasteiger partial charge is 0.354 e. The van der Waals surface area contributed by atoms with Crippen LogP contribution in [0.3, 0.4) is 0 Å². The summed E-state index contributed by atoms with van der Waals surface area (Å²) in [5.41, 5.74) is 4.02. The van der Waals surface area contributed by atoms with Gasteiger partial charge in [0.25, 0.3) is 0 Å². The molecule has 5 nitrogen and oxygen atoms in total. The van der Waals surface area contributed by atoms with Crippen molar-refractivity contribution < 1.29 is 4.79 Å². The van der Waals surface area contributed by atoms with Crippen molar-refractivity contribution in [2.24, 2.45) is 0 Å². The molecule has 0 saturated carbocycles. The number of rotatable bonds is 5. The maximum absolute atomic E-state index is 12.4. The number of imidazole rings is 1. The molecule has 0 saturated heterocycles. The van der Waals surface area contributed by atoms with Crippen molar-refractivity contribution in [1.29, 1.82) is 0 Å². The molecule has 0 unspecified atom stereocenters. The average molecular weight is 411 g/mol. The third kappa shape index (κ3) is 3.12. The summed E-state index contributed by atoms with van der Waals surface area (Å²) in [5.74, 6) is 0.00474. The third-order valence-electron chi connectivity index (χ3n) is 4.57. The maximum Gasteiger partial charge on any atom is 0.239 e. The Hall–Kier alpha value is -2.60. The number of carbonyl (C=O) groups excluding carboxylic acids is 1. The van der Waals surface area contributed by atoms with Crippen LogP contribution in [0.1, 0.15) is 11.4 Å². The Balaban J connectivity index is 1.41. The standard InChI is InChI=1S/C20H19BrN4O/c1-14-20(21)16-6-2-3-7-17(16)25(14)13-19(26)22-10-9-15-12-24-11-5-4-8-18(24)23-15/h2-8,11-12H,9-10,13H2,1H3,(H,22,26). The monoisotopic (exact) mass is 410 g/mol. The van der Waals surface area contributed by atoms with Gasteiger partial charge in [0.2, 0.25) is 5.91 Å². The molecular formula is C20H19BrN4O. The number of para-hydroxylation sites is 1. The van der Waals surface area contributed by atoms with Crippen LogP contribution in [-0.2, 0) is 17.8 Å². The van der Waals surface area contributed by atoms with Crippen LogP contribution in [0, 0.1) is 6.92 Å².